The van der Waals surface area contributed by atoms with Gasteiger partial charge in [0.25, 0.3) is 0 Å². The van der Waals surface area contributed by atoms with Crippen LogP contribution in [0.3, 0.4) is 0 Å². The molecule has 2 aromatic rings. The van der Waals surface area contributed by atoms with Crippen LogP contribution in [0.15, 0.2) is 28.2 Å². The Morgan fingerprint density at radius 3 is 2.46 bits per heavy atom. The van der Waals surface area contributed by atoms with Crippen LogP contribution in [0.1, 0.15) is 29.5 Å². The van der Waals surface area contributed by atoms with Crippen LogP contribution in [0.2, 0.25) is 0 Å². The molecule has 0 spiro atoms. The van der Waals surface area contributed by atoms with E-state index in [1.54, 1.807) is 0 Å². The third-order valence-corrected chi connectivity index (χ3v) is 9.24. The van der Waals surface area contributed by atoms with Crippen molar-refractivity contribution in [3.05, 3.63) is 40.8 Å². The number of hydrogen-bond acceptors (Lipinski definition) is 9. The Morgan fingerprint density at radius 2 is 1.85 bits per heavy atom. The molecule has 1 aromatic heterocycles. The predicted octanol–water partition coefficient (Wildman–Crippen LogP) is 1.57. The number of sulfonamides is 1. The van der Waals surface area contributed by atoms with Crippen molar-refractivity contribution in [2.75, 3.05) is 51.8 Å². The molecule has 214 valence electrons. The van der Waals surface area contributed by atoms with Crippen molar-refractivity contribution < 1.29 is 35.5 Å². The molecule has 1 atom stereocenters. The Kier molecular flexibility index (Phi) is 7.03. The smallest absolute Gasteiger partial charge is 0.418 e. The molecule has 11 nitrogen and oxygen atoms in total. The number of anilines is 1. The number of nitrogens with zero attached hydrogens (tertiary/aromatic N) is 3. The number of morpholine rings is 1. The van der Waals surface area contributed by atoms with Crippen LogP contribution >= 0.6 is 0 Å². The van der Waals surface area contributed by atoms with Gasteiger partial charge in [0.15, 0.2) is 0 Å². The van der Waals surface area contributed by atoms with Crippen LogP contribution in [0.4, 0.5) is 23.4 Å². The van der Waals surface area contributed by atoms with Gasteiger partial charge in [0.1, 0.15) is 28.1 Å². The SMILES string of the molecule is COc1cc(S(=O)(=O)N2CCC(N3CCOCC3)CC2)c(F)cc1C1(N)N=C(N)c2c(C(F)(F)F)c[nH]c2N1. The van der Waals surface area contributed by atoms with Crippen molar-refractivity contribution in [2.45, 2.75) is 35.7 Å². The van der Waals surface area contributed by atoms with Crippen LogP contribution in [0.5, 0.6) is 5.75 Å². The molecule has 16 heteroatoms. The topological polar surface area (TPSA) is 151 Å². The van der Waals surface area contributed by atoms with Crippen LogP contribution < -0.4 is 21.5 Å². The summed E-state index contributed by atoms with van der Waals surface area (Å²) in [4.78, 5) is 8.08. The number of methoxy groups -OCH3 is 1. The van der Waals surface area contributed by atoms with Gasteiger partial charge in [0, 0.05) is 44.5 Å². The molecule has 0 amide bonds. The predicted molar refractivity (Wildman–Crippen MR) is 133 cm³/mol. The molecule has 2 saturated heterocycles. The van der Waals surface area contributed by atoms with Gasteiger partial charge in [0.05, 0.1) is 37.0 Å². The number of benzene rings is 1. The number of nitrogens with one attached hydrogen (secondary N) is 2. The van der Waals surface area contributed by atoms with Crippen LogP contribution in [-0.4, -0.2) is 81.0 Å². The van der Waals surface area contributed by atoms with E-state index in [9.17, 15) is 21.6 Å². The molecule has 2 fully saturated rings. The molecular weight excluding hydrogens is 546 g/mol. The molecule has 1 unspecified atom stereocenters. The maximum atomic E-state index is 15.5. The first-order valence-corrected chi connectivity index (χ1v) is 13.7. The zero-order valence-corrected chi connectivity index (χ0v) is 21.8. The van der Waals surface area contributed by atoms with Crippen LogP contribution in [-0.2, 0) is 26.7 Å². The molecule has 5 rings (SSSR count). The Bertz CT molecular complexity index is 1380. The molecule has 3 aliphatic heterocycles. The molecule has 39 heavy (non-hydrogen) atoms. The van der Waals surface area contributed by atoms with Gasteiger partial charge >= 0.3 is 6.18 Å². The number of H-pyrrole nitrogens is 1. The monoisotopic (exact) mass is 575 g/mol. The van der Waals surface area contributed by atoms with Gasteiger partial charge in [0.2, 0.25) is 15.8 Å². The van der Waals surface area contributed by atoms with E-state index in [0.29, 0.717) is 32.3 Å². The first kappa shape index (κ1) is 27.6. The average Bonchev–Trinajstić information content (AvgIpc) is 3.34. The van der Waals surface area contributed by atoms with E-state index < -0.39 is 49.7 Å². The van der Waals surface area contributed by atoms with Crippen LogP contribution in [0.25, 0.3) is 0 Å². The largest absolute Gasteiger partial charge is 0.496 e. The van der Waals surface area contributed by atoms with E-state index in [1.165, 1.54) is 11.4 Å². The van der Waals surface area contributed by atoms with Gasteiger partial charge in [-0.25, -0.2) is 17.8 Å². The first-order valence-electron chi connectivity index (χ1n) is 12.3. The molecule has 0 bridgehead atoms. The summed E-state index contributed by atoms with van der Waals surface area (Å²) in [5, 5.41) is 2.61. The lowest BCUT2D eigenvalue weighted by Gasteiger charge is -2.39. The Labute approximate surface area is 222 Å². The summed E-state index contributed by atoms with van der Waals surface area (Å²) in [5.74, 6) is -4.04. The number of nitrogens with two attached hydrogens (primary N) is 2. The number of aromatic nitrogens is 1. The van der Waals surface area contributed by atoms with Gasteiger partial charge in [-0.2, -0.15) is 17.5 Å². The lowest BCUT2D eigenvalue weighted by atomic mass is 10.0. The number of aromatic amines is 1. The summed E-state index contributed by atoms with van der Waals surface area (Å²) < 4.78 is 94.4. The number of amidine groups is 1. The number of rotatable bonds is 5. The number of hydrogen-bond donors (Lipinski definition) is 4. The van der Waals surface area contributed by atoms with E-state index in [4.69, 9.17) is 20.9 Å². The minimum absolute atomic E-state index is 0.143. The number of alkyl halides is 3. The standard InChI is InChI=1S/C23H29F4N7O4S/c1-37-17-11-18(39(35,36)34-4-2-13(3-5-34)33-6-8-38-9-7-33)16(24)10-14(17)23(29)31-20(28)19-15(22(25,26)27)12-30-21(19)32-23/h10-13,30,32H,2-9,29H2,1H3,(H2,28,31). The van der Waals surface area contributed by atoms with E-state index in [1.807, 2.05) is 0 Å². The lowest BCUT2D eigenvalue weighted by Crippen LogP contribution is -2.50. The van der Waals surface area contributed by atoms with Crippen molar-refractivity contribution in [2.24, 2.45) is 16.5 Å². The van der Waals surface area contributed by atoms with Gasteiger partial charge in [-0.1, -0.05) is 0 Å². The molecule has 0 saturated carbocycles. The summed E-state index contributed by atoms with van der Waals surface area (Å²) in [7, 11) is -3.01. The summed E-state index contributed by atoms with van der Waals surface area (Å²) >= 11 is 0. The summed E-state index contributed by atoms with van der Waals surface area (Å²) in [6.45, 7) is 3.28. The van der Waals surface area contributed by atoms with Crippen molar-refractivity contribution in [1.82, 2.24) is 14.2 Å². The minimum atomic E-state index is -4.71. The van der Waals surface area contributed by atoms with Gasteiger partial charge in [-0.05, 0) is 18.9 Å². The number of piperidine rings is 1. The Morgan fingerprint density at radius 1 is 1.18 bits per heavy atom. The number of ether oxygens (including phenoxy) is 2. The van der Waals surface area contributed by atoms with Gasteiger partial charge in [-0.15, -0.1) is 0 Å². The normalized spacial score (nSPS) is 23.7. The molecule has 0 radical (unpaired) electrons. The fourth-order valence-corrected chi connectivity index (χ4v) is 6.86. The van der Waals surface area contributed by atoms with Crippen molar-refractivity contribution >= 4 is 21.7 Å². The zero-order valence-electron chi connectivity index (χ0n) is 21.0. The summed E-state index contributed by atoms with van der Waals surface area (Å²) in [6, 6.07) is 2.06. The third-order valence-electron chi connectivity index (χ3n) is 7.32. The highest BCUT2D eigenvalue weighted by Gasteiger charge is 2.43. The molecule has 4 heterocycles. The third kappa shape index (κ3) is 4.95. The van der Waals surface area contributed by atoms with E-state index >= 15 is 4.39 Å². The van der Waals surface area contributed by atoms with Crippen molar-refractivity contribution in [3.63, 3.8) is 0 Å². The maximum absolute atomic E-state index is 15.5. The molecular formula is C23H29F4N7O4S. The number of halogens is 4. The number of fused-ring (bicyclic) bond motifs is 1. The Balaban J connectivity index is 1.42. The summed E-state index contributed by atoms with van der Waals surface area (Å²) in [5.41, 5.74) is 10.6. The van der Waals surface area contributed by atoms with Crippen LogP contribution in [0, 0.1) is 5.82 Å². The molecule has 0 aliphatic carbocycles. The maximum Gasteiger partial charge on any atom is 0.418 e. The minimum Gasteiger partial charge on any atom is -0.496 e. The fourth-order valence-electron chi connectivity index (χ4n) is 5.33. The molecule has 3 aliphatic rings. The van der Waals surface area contributed by atoms with E-state index in [-0.39, 0.29) is 36.3 Å². The van der Waals surface area contributed by atoms with E-state index in [0.717, 1.165) is 25.2 Å². The molecule has 6 N–H and O–H groups in total. The zero-order chi connectivity index (χ0) is 28.2. The highest BCUT2D eigenvalue weighted by molar-refractivity contribution is 7.89. The lowest BCUT2D eigenvalue weighted by molar-refractivity contribution is -0.137. The highest BCUT2D eigenvalue weighted by Crippen LogP contribution is 2.41. The second kappa shape index (κ2) is 9.92. The number of aliphatic imine (C=N–C) groups is 1. The first-order chi connectivity index (χ1) is 18.3. The summed E-state index contributed by atoms with van der Waals surface area (Å²) in [6.07, 6.45) is -2.81. The quantitative estimate of drug-likeness (QED) is 0.393. The average molecular weight is 576 g/mol. The van der Waals surface area contributed by atoms with E-state index in [2.05, 4.69) is 20.2 Å². The van der Waals surface area contributed by atoms with Crippen molar-refractivity contribution in [1.29, 1.82) is 0 Å². The molecule has 1 aromatic carbocycles. The van der Waals surface area contributed by atoms with Gasteiger partial charge < -0.3 is 25.5 Å². The highest BCUT2D eigenvalue weighted by atomic mass is 32.2. The van der Waals surface area contributed by atoms with Crippen molar-refractivity contribution in [3.8, 4) is 5.75 Å². The van der Waals surface area contributed by atoms with Gasteiger partial charge in [-0.3, -0.25) is 10.6 Å². The fraction of sp³-hybridized carbons (Fsp3) is 0.522. The second-order valence-corrected chi connectivity index (χ2v) is 11.5. The second-order valence-electron chi connectivity index (χ2n) is 9.61. The Hall–Kier alpha value is -2.92.